The van der Waals surface area contributed by atoms with Gasteiger partial charge in [-0.05, 0) is 110 Å². The highest BCUT2D eigenvalue weighted by atomic mass is 79.9. The molecule has 4 amide bonds. The Balaban J connectivity index is 1.46. The molecular weight excluding hydrogens is 1130 g/mol. The highest BCUT2D eigenvalue weighted by molar-refractivity contribution is 9.11. The lowest BCUT2D eigenvalue weighted by Crippen LogP contribution is -2.42. The Morgan fingerprint density at radius 2 is 0.581 bits per heavy atom. The molecule has 0 saturated heterocycles. The number of carbonyl (C=O) groups is 4. The van der Waals surface area contributed by atoms with Crippen LogP contribution in [0.25, 0.3) is 43.1 Å². The Kier molecular flexibility index (Phi) is 11.0. The Labute approximate surface area is 411 Å². The first-order valence-electron chi connectivity index (χ1n) is 19.9. The summed E-state index contributed by atoms with van der Waals surface area (Å²) < 4.78 is 0.915. The molecule has 7 aromatic carbocycles. The summed E-state index contributed by atoms with van der Waals surface area (Å²) in [6.07, 6.45) is 0. The normalized spacial score (nSPS) is 14.5. The quantitative estimate of drug-likeness (QED) is 0.0945. The van der Waals surface area contributed by atoms with Gasteiger partial charge in [0.15, 0.2) is 0 Å². The van der Waals surface area contributed by atoms with Gasteiger partial charge in [-0.25, -0.2) is 9.80 Å². The monoisotopic (exact) mass is 1160 g/mol. The smallest absolute Gasteiger partial charge is 0.267 e. The third-order valence-electron chi connectivity index (χ3n) is 12.3. The molecule has 7 aromatic rings. The molecule has 0 saturated carbocycles. The lowest BCUT2D eigenvalue weighted by Gasteiger charge is -2.35. The standard InChI is InChI=1S/C48H34Br4Cl4N2O4/c1-15(2)19-11-9-12-20(16(3)4)43(19)57-45(59)31-25-23-27(39(53)35(31)49)29-24-26-33(37(51)41(29)55)47(61)58(44-21(17(5)6)13-10-14-22(44)18(7)8)48(62)34(26)38(52)42(56)30(24)28(23)40(54)36(50)32(25)46(57)60/h9-18H,1-8H3. The van der Waals surface area contributed by atoms with Crippen molar-refractivity contribution in [2.24, 2.45) is 0 Å². The molecule has 0 spiro atoms. The molecule has 2 aliphatic heterocycles. The lowest BCUT2D eigenvalue weighted by molar-refractivity contribution is 0.0876. The van der Waals surface area contributed by atoms with Crippen molar-refractivity contribution in [2.45, 2.75) is 79.1 Å². The van der Waals surface area contributed by atoms with Gasteiger partial charge in [-0.15, -0.1) is 0 Å². The van der Waals surface area contributed by atoms with Crippen molar-refractivity contribution in [3.63, 3.8) is 0 Å². The summed E-state index contributed by atoms with van der Waals surface area (Å²) in [6, 6.07) is 11.6. The Morgan fingerprint density at radius 3 is 0.774 bits per heavy atom. The van der Waals surface area contributed by atoms with Crippen LogP contribution in [0, 0.1) is 0 Å². The van der Waals surface area contributed by atoms with Crippen molar-refractivity contribution in [1.82, 2.24) is 0 Å². The van der Waals surface area contributed by atoms with E-state index in [9.17, 15) is 0 Å². The average Bonchev–Trinajstić information content (AvgIpc) is 3.21. The predicted octanol–water partition coefficient (Wildman–Crippen LogP) is 17.5. The van der Waals surface area contributed by atoms with Gasteiger partial charge in [0, 0.05) is 43.1 Å². The second-order valence-corrected chi connectivity index (χ2v) is 21.8. The first-order valence-corrected chi connectivity index (χ1v) is 24.6. The molecular formula is C48H34Br4Cl4N2O4. The maximum Gasteiger partial charge on any atom is 0.267 e. The molecule has 0 atom stereocenters. The zero-order valence-corrected chi connectivity index (χ0v) is 43.7. The summed E-state index contributed by atoms with van der Waals surface area (Å²) in [4.78, 5) is 63.5. The van der Waals surface area contributed by atoms with E-state index in [4.69, 9.17) is 46.4 Å². The average molecular weight is 1160 g/mol. The minimum Gasteiger partial charge on any atom is -0.268 e. The molecule has 2 heterocycles. The number of para-hydroxylation sites is 2. The van der Waals surface area contributed by atoms with Gasteiger partial charge in [0.25, 0.3) is 23.6 Å². The van der Waals surface area contributed by atoms with Crippen molar-refractivity contribution in [2.75, 3.05) is 9.80 Å². The van der Waals surface area contributed by atoms with E-state index >= 15 is 19.2 Å². The van der Waals surface area contributed by atoms with E-state index in [2.05, 4.69) is 63.7 Å². The van der Waals surface area contributed by atoms with Crippen molar-refractivity contribution >= 4 is 188 Å². The van der Waals surface area contributed by atoms with Crippen LogP contribution in [0.4, 0.5) is 11.4 Å². The molecule has 0 aliphatic carbocycles. The summed E-state index contributed by atoms with van der Waals surface area (Å²) in [5.41, 5.74) is 4.95. The first-order chi connectivity index (χ1) is 29.2. The van der Waals surface area contributed by atoms with Crippen LogP contribution >= 0.6 is 110 Å². The molecule has 0 radical (unpaired) electrons. The van der Waals surface area contributed by atoms with E-state index in [-0.39, 0.29) is 83.9 Å². The summed E-state index contributed by atoms with van der Waals surface area (Å²) in [5, 5.41) is 3.20. The van der Waals surface area contributed by atoms with Gasteiger partial charge in [0.2, 0.25) is 0 Å². The number of benzene rings is 7. The summed E-state index contributed by atoms with van der Waals surface area (Å²) >= 11 is 44.9. The molecule has 0 bridgehead atoms. The first kappa shape index (κ1) is 44.4. The Hall–Kier alpha value is -2.80. The van der Waals surface area contributed by atoms with Gasteiger partial charge >= 0.3 is 0 Å². The molecule has 0 aromatic heterocycles. The van der Waals surface area contributed by atoms with Crippen LogP contribution in [0.15, 0.2) is 54.3 Å². The summed E-state index contributed by atoms with van der Waals surface area (Å²) in [7, 11) is 0. The summed E-state index contributed by atoms with van der Waals surface area (Å²) in [5.74, 6) is -2.44. The number of imide groups is 2. The largest absolute Gasteiger partial charge is 0.268 e. The number of hydrogen-bond acceptors (Lipinski definition) is 4. The number of amides is 4. The maximum atomic E-state index is 15.2. The molecule has 6 nitrogen and oxygen atoms in total. The second-order valence-electron chi connectivity index (χ2n) is 17.1. The highest BCUT2D eigenvalue weighted by Crippen LogP contribution is 2.60. The van der Waals surface area contributed by atoms with E-state index in [1.807, 2.05) is 91.8 Å². The number of fused-ring (bicyclic) bond motifs is 2. The van der Waals surface area contributed by atoms with Gasteiger partial charge < -0.3 is 0 Å². The van der Waals surface area contributed by atoms with Crippen LogP contribution in [0.5, 0.6) is 0 Å². The minimum atomic E-state index is -0.577. The number of rotatable bonds is 6. The molecule has 0 N–H and O–H groups in total. The van der Waals surface area contributed by atoms with Crippen LogP contribution in [-0.4, -0.2) is 23.6 Å². The number of hydrogen-bond donors (Lipinski definition) is 0. The van der Waals surface area contributed by atoms with Crippen LogP contribution in [0.1, 0.15) is 143 Å². The fourth-order valence-corrected chi connectivity index (χ4v) is 13.0. The topological polar surface area (TPSA) is 74.8 Å². The number of anilines is 2. The Morgan fingerprint density at radius 1 is 0.371 bits per heavy atom. The van der Waals surface area contributed by atoms with Crippen LogP contribution in [0.2, 0.25) is 20.1 Å². The van der Waals surface area contributed by atoms with E-state index in [0.717, 1.165) is 22.3 Å². The van der Waals surface area contributed by atoms with E-state index in [1.165, 1.54) is 9.80 Å². The molecule has 2 aliphatic rings. The van der Waals surface area contributed by atoms with Gasteiger partial charge in [-0.1, -0.05) is 138 Å². The number of halogens is 8. The molecule has 0 fully saturated rings. The zero-order chi connectivity index (χ0) is 45.0. The minimum absolute atomic E-state index is 0.0343. The molecule has 14 heteroatoms. The Bertz CT molecular complexity index is 2880. The maximum absolute atomic E-state index is 15.2. The van der Waals surface area contributed by atoms with Gasteiger partial charge in [0.1, 0.15) is 0 Å². The summed E-state index contributed by atoms with van der Waals surface area (Å²) in [6.45, 7) is 16.1. The predicted molar refractivity (Wildman–Crippen MR) is 270 cm³/mol. The fourth-order valence-electron chi connectivity index (χ4n) is 9.58. The fraction of sp³-hybridized carbons (Fsp3) is 0.250. The van der Waals surface area contributed by atoms with E-state index in [1.54, 1.807) is 0 Å². The van der Waals surface area contributed by atoms with E-state index < -0.39 is 23.6 Å². The highest BCUT2D eigenvalue weighted by Gasteiger charge is 2.46. The SMILES string of the molecule is CC(C)c1cccc(C(C)C)c1N1C(=O)c2c(Br)c(Cl)c3c4c(Cl)c(Br)c5c6c(c(Br)c(Cl)c(c7c(Cl)c(Br)c(c2c37)C1=O)c64)C(=O)N(c1c(C(C)C)cccc1C(C)C)C5=O. The molecule has 316 valence electrons. The van der Waals surface area contributed by atoms with Gasteiger partial charge in [0.05, 0.1) is 71.6 Å². The molecule has 62 heavy (non-hydrogen) atoms. The lowest BCUT2D eigenvalue weighted by atomic mass is 9.81. The number of nitrogens with zero attached hydrogens (tertiary/aromatic N) is 2. The van der Waals surface area contributed by atoms with Gasteiger partial charge in [-0.3, -0.25) is 19.2 Å². The van der Waals surface area contributed by atoms with Crippen molar-refractivity contribution < 1.29 is 19.2 Å². The zero-order valence-electron chi connectivity index (χ0n) is 34.3. The number of carbonyl (C=O) groups excluding carboxylic acids is 4. The van der Waals surface area contributed by atoms with Crippen LogP contribution in [0.3, 0.4) is 0 Å². The third kappa shape index (κ3) is 5.75. The van der Waals surface area contributed by atoms with E-state index in [0.29, 0.717) is 54.5 Å². The van der Waals surface area contributed by atoms with Crippen molar-refractivity contribution in [3.8, 4) is 0 Å². The molecule has 0 unspecified atom stereocenters. The molecule has 9 rings (SSSR count). The second kappa shape index (κ2) is 15.4. The van der Waals surface area contributed by atoms with Crippen LogP contribution < -0.4 is 9.80 Å². The third-order valence-corrected chi connectivity index (χ3v) is 17.9. The van der Waals surface area contributed by atoms with Crippen molar-refractivity contribution in [1.29, 1.82) is 0 Å². The van der Waals surface area contributed by atoms with Gasteiger partial charge in [-0.2, -0.15) is 0 Å². The van der Waals surface area contributed by atoms with Crippen LogP contribution in [-0.2, 0) is 0 Å². The van der Waals surface area contributed by atoms with Crippen molar-refractivity contribution in [3.05, 3.63) is 119 Å².